The molecule has 1 heterocycles. The van der Waals surface area contributed by atoms with Crippen molar-refractivity contribution in [2.75, 3.05) is 19.8 Å². The summed E-state index contributed by atoms with van der Waals surface area (Å²) in [5.74, 6) is 0.757. The van der Waals surface area contributed by atoms with Crippen LogP contribution in [0.4, 0.5) is 0 Å². The average Bonchev–Trinajstić information content (AvgIpc) is 2.91. The first kappa shape index (κ1) is 13.9. The van der Waals surface area contributed by atoms with Crippen LogP contribution in [0, 0.1) is 0 Å². The van der Waals surface area contributed by atoms with E-state index in [0.717, 1.165) is 16.7 Å². The number of hydrogen-bond acceptors (Lipinski definition) is 4. The highest BCUT2D eigenvalue weighted by Gasteiger charge is 2.09. The Hall–Kier alpha value is -1.56. The summed E-state index contributed by atoms with van der Waals surface area (Å²) < 4.78 is 5.63. The van der Waals surface area contributed by atoms with Gasteiger partial charge in [0.15, 0.2) is 0 Å². The maximum Gasteiger partial charge on any atom is 0.128 e. The number of aliphatic hydroxyl groups excluding tert-OH is 2. The lowest BCUT2D eigenvalue weighted by Gasteiger charge is -2.16. The molecular formula is C14H20N2O3. The predicted molar refractivity (Wildman–Crippen MR) is 74.4 cm³/mol. The summed E-state index contributed by atoms with van der Waals surface area (Å²) in [6, 6.07) is 7.69. The summed E-state index contributed by atoms with van der Waals surface area (Å²) in [6.45, 7) is 2.52. The Morgan fingerprint density at radius 3 is 3.00 bits per heavy atom. The number of hydrogen-bond donors (Lipinski definition) is 4. The molecule has 0 fully saturated rings. The highest BCUT2D eigenvalue weighted by Crippen LogP contribution is 2.24. The number of ether oxygens (including phenoxy) is 1. The summed E-state index contributed by atoms with van der Waals surface area (Å²) >= 11 is 0. The van der Waals surface area contributed by atoms with E-state index in [0.29, 0.717) is 6.54 Å². The first-order valence-corrected chi connectivity index (χ1v) is 6.42. The average molecular weight is 264 g/mol. The zero-order valence-corrected chi connectivity index (χ0v) is 11.0. The SMILES string of the molecule is CC(CO)NC[C@@H](O)COc1cccc2[nH]ccc12. The van der Waals surface area contributed by atoms with E-state index in [4.69, 9.17) is 9.84 Å². The van der Waals surface area contributed by atoms with Crippen molar-refractivity contribution < 1.29 is 14.9 Å². The van der Waals surface area contributed by atoms with E-state index in [2.05, 4.69) is 10.3 Å². The molecule has 2 atom stereocenters. The third kappa shape index (κ3) is 3.70. The number of rotatable bonds is 7. The fourth-order valence-corrected chi connectivity index (χ4v) is 1.83. The van der Waals surface area contributed by atoms with E-state index in [1.807, 2.05) is 37.4 Å². The number of H-pyrrole nitrogens is 1. The van der Waals surface area contributed by atoms with E-state index < -0.39 is 6.10 Å². The number of fused-ring (bicyclic) bond motifs is 1. The lowest BCUT2D eigenvalue weighted by Crippen LogP contribution is -2.38. The molecule has 0 aliphatic carbocycles. The van der Waals surface area contributed by atoms with Gasteiger partial charge in [0.05, 0.1) is 6.61 Å². The topological polar surface area (TPSA) is 77.5 Å². The van der Waals surface area contributed by atoms with Crippen molar-refractivity contribution in [3.8, 4) is 5.75 Å². The van der Waals surface area contributed by atoms with Gasteiger partial charge in [0, 0.05) is 29.7 Å². The highest BCUT2D eigenvalue weighted by molar-refractivity contribution is 5.85. The molecule has 0 spiro atoms. The molecule has 1 aromatic heterocycles. The molecule has 0 radical (unpaired) electrons. The summed E-state index contributed by atoms with van der Waals surface area (Å²) in [5, 5.41) is 22.7. The Balaban J connectivity index is 1.86. The smallest absolute Gasteiger partial charge is 0.128 e. The van der Waals surface area contributed by atoms with Gasteiger partial charge < -0.3 is 25.3 Å². The molecule has 5 nitrogen and oxygen atoms in total. The van der Waals surface area contributed by atoms with Gasteiger partial charge in [-0.1, -0.05) is 6.07 Å². The molecule has 0 saturated carbocycles. The molecule has 0 aliphatic heterocycles. The molecule has 104 valence electrons. The van der Waals surface area contributed by atoms with Gasteiger partial charge in [0.2, 0.25) is 0 Å². The van der Waals surface area contributed by atoms with E-state index in [1.165, 1.54) is 0 Å². The number of nitrogens with one attached hydrogen (secondary N) is 2. The summed E-state index contributed by atoms with van der Waals surface area (Å²) in [7, 11) is 0. The second kappa shape index (κ2) is 6.56. The fourth-order valence-electron chi connectivity index (χ4n) is 1.83. The van der Waals surface area contributed by atoms with Crippen LogP contribution < -0.4 is 10.1 Å². The van der Waals surface area contributed by atoms with Gasteiger partial charge in [-0.15, -0.1) is 0 Å². The van der Waals surface area contributed by atoms with E-state index in [-0.39, 0.29) is 19.3 Å². The molecule has 0 saturated heterocycles. The summed E-state index contributed by atoms with van der Waals surface area (Å²) in [6.07, 6.45) is 1.25. The maximum absolute atomic E-state index is 9.80. The second-order valence-corrected chi connectivity index (χ2v) is 4.65. The lowest BCUT2D eigenvalue weighted by atomic mass is 10.2. The predicted octanol–water partition coefficient (Wildman–Crippen LogP) is 0.878. The normalized spacial score (nSPS) is 14.5. The third-order valence-electron chi connectivity index (χ3n) is 2.96. The molecule has 5 heteroatoms. The van der Waals surface area contributed by atoms with Crippen LogP contribution in [0.3, 0.4) is 0 Å². The van der Waals surface area contributed by atoms with Gasteiger partial charge in [-0.3, -0.25) is 0 Å². The first-order valence-electron chi connectivity index (χ1n) is 6.42. The van der Waals surface area contributed by atoms with Crippen LogP contribution in [0.5, 0.6) is 5.75 Å². The molecule has 2 rings (SSSR count). The zero-order valence-electron chi connectivity index (χ0n) is 11.0. The molecule has 19 heavy (non-hydrogen) atoms. The standard InChI is InChI=1S/C14H20N2O3/c1-10(8-17)16-7-11(18)9-19-14-4-2-3-13-12(14)5-6-15-13/h2-6,10-11,15-18H,7-9H2,1H3/t10?,11-/m1/s1. The van der Waals surface area contributed by atoms with Crippen LogP contribution in [-0.4, -0.2) is 47.1 Å². The Morgan fingerprint density at radius 2 is 2.21 bits per heavy atom. The molecule has 0 amide bonds. The summed E-state index contributed by atoms with van der Waals surface area (Å²) in [5.41, 5.74) is 1.01. The van der Waals surface area contributed by atoms with E-state index >= 15 is 0 Å². The largest absolute Gasteiger partial charge is 0.490 e. The minimum Gasteiger partial charge on any atom is -0.490 e. The monoisotopic (exact) mass is 264 g/mol. The van der Waals surface area contributed by atoms with Crippen molar-refractivity contribution in [2.45, 2.75) is 19.1 Å². The Labute approximate surface area is 112 Å². The number of benzene rings is 1. The van der Waals surface area contributed by atoms with Crippen molar-refractivity contribution in [2.24, 2.45) is 0 Å². The van der Waals surface area contributed by atoms with Crippen LogP contribution in [0.2, 0.25) is 0 Å². The number of aromatic nitrogens is 1. The highest BCUT2D eigenvalue weighted by atomic mass is 16.5. The number of aliphatic hydroxyl groups is 2. The summed E-state index contributed by atoms with van der Waals surface area (Å²) in [4.78, 5) is 3.11. The molecule has 2 aromatic rings. The van der Waals surface area contributed by atoms with Crippen molar-refractivity contribution in [3.63, 3.8) is 0 Å². The molecule has 0 aliphatic rings. The minimum atomic E-state index is -0.608. The zero-order chi connectivity index (χ0) is 13.7. The first-order chi connectivity index (χ1) is 9.20. The van der Waals surface area contributed by atoms with Gasteiger partial charge in [-0.05, 0) is 25.1 Å². The molecule has 1 unspecified atom stereocenters. The third-order valence-corrected chi connectivity index (χ3v) is 2.96. The molecule has 1 aromatic carbocycles. The fraction of sp³-hybridized carbons (Fsp3) is 0.429. The maximum atomic E-state index is 9.80. The number of aromatic amines is 1. The molecule has 0 bridgehead atoms. The van der Waals surface area contributed by atoms with E-state index in [9.17, 15) is 5.11 Å². The van der Waals surface area contributed by atoms with Crippen molar-refractivity contribution in [1.82, 2.24) is 10.3 Å². The minimum absolute atomic E-state index is 0.0252. The molecule has 4 N–H and O–H groups in total. The Morgan fingerprint density at radius 1 is 1.37 bits per heavy atom. The van der Waals surface area contributed by atoms with Gasteiger partial charge in [-0.2, -0.15) is 0 Å². The Kier molecular flexibility index (Phi) is 4.79. The van der Waals surface area contributed by atoms with Gasteiger partial charge >= 0.3 is 0 Å². The van der Waals surface area contributed by atoms with Crippen molar-refractivity contribution in [3.05, 3.63) is 30.5 Å². The molecular weight excluding hydrogens is 244 g/mol. The van der Waals surface area contributed by atoms with Crippen LogP contribution in [0.1, 0.15) is 6.92 Å². The van der Waals surface area contributed by atoms with Crippen LogP contribution in [0.25, 0.3) is 10.9 Å². The van der Waals surface area contributed by atoms with Crippen molar-refractivity contribution in [1.29, 1.82) is 0 Å². The Bertz CT molecular complexity index is 512. The van der Waals surface area contributed by atoms with Crippen molar-refractivity contribution >= 4 is 10.9 Å². The van der Waals surface area contributed by atoms with Gasteiger partial charge in [0.25, 0.3) is 0 Å². The van der Waals surface area contributed by atoms with E-state index in [1.54, 1.807) is 0 Å². The lowest BCUT2D eigenvalue weighted by molar-refractivity contribution is 0.102. The van der Waals surface area contributed by atoms with Crippen LogP contribution in [0.15, 0.2) is 30.5 Å². The second-order valence-electron chi connectivity index (χ2n) is 4.65. The quantitative estimate of drug-likeness (QED) is 0.598. The van der Waals surface area contributed by atoms with Crippen LogP contribution >= 0.6 is 0 Å². The van der Waals surface area contributed by atoms with Gasteiger partial charge in [0.1, 0.15) is 18.5 Å². The van der Waals surface area contributed by atoms with Gasteiger partial charge in [-0.25, -0.2) is 0 Å². The van der Waals surface area contributed by atoms with Crippen LogP contribution in [-0.2, 0) is 0 Å².